The molecule has 0 bridgehead atoms. The predicted octanol–water partition coefficient (Wildman–Crippen LogP) is 4.39. The molecule has 0 spiro atoms. The Morgan fingerprint density at radius 1 is 1.05 bits per heavy atom. The molecule has 2 rings (SSSR count). The van der Waals surface area contributed by atoms with Gasteiger partial charge in [0, 0.05) is 12.2 Å². The summed E-state index contributed by atoms with van der Waals surface area (Å²) >= 11 is 0. The first-order chi connectivity index (χ1) is 10.7. The molecular formula is C19H30N2O. The van der Waals surface area contributed by atoms with E-state index < -0.39 is 0 Å². The van der Waals surface area contributed by atoms with Gasteiger partial charge in [-0.3, -0.25) is 4.98 Å². The van der Waals surface area contributed by atoms with Crippen LogP contribution in [0.3, 0.4) is 0 Å². The number of ether oxygens (including phenoxy) is 1. The van der Waals surface area contributed by atoms with Gasteiger partial charge < -0.3 is 10.5 Å². The van der Waals surface area contributed by atoms with Gasteiger partial charge in [-0.1, -0.05) is 58.0 Å². The van der Waals surface area contributed by atoms with Crippen LogP contribution < -0.4 is 10.5 Å². The number of benzene rings is 1. The standard InChI is InChI=1S/C15H18N2O.2C2H6/c1-12-7-15(10-17-9-12)18-11-14(16)8-13-5-3-2-4-6-13;2*1-2/h2-7,9-10,14H,8,11,16H2,1H3;2*1-2H3. The fraction of sp³-hybridized carbons (Fsp3) is 0.421. The van der Waals surface area contributed by atoms with Crippen LogP contribution in [-0.4, -0.2) is 17.6 Å². The lowest BCUT2D eigenvalue weighted by Crippen LogP contribution is -2.30. The largest absolute Gasteiger partial charge is 0.490 e. The molecule has 2 aromatic rings. The summed E-state index contributed by atoms with van der Waals surface area (Å²) in [5.74, 6) is 0.776. The molecule has 1 atom stereocenters. The SMILES string of the molecule is CC.CC.Cc1cncc(OCC(N)Cc2ccccc2)c1. The maximum atomic E-state index is 6.05. The second-order valence-corrected chi connectivity index (χ2v) is 4.46. The Balaban J connectivity index is 0.00000102. The third kappa shape index (κ3) is 8.42. The van der Waals surface area contributed by atoms with Crippen LogP contribution in [0.4, 0.5) is 0 Å². The minimum absolute atomic E-state index is 0.00656. The van der Waals surface area contributed by atoms with Gasteiger partial charge in [0.1, 0.15) is 12.4 Å². The van der Waals surface area contributed by atoms with Gasteiger partial charge in [0.15, 0.2) is 0 Å². The summed E-state index contributed by atoms with van der Waals surface area (Å²) in [4.78, 5) is 4.08. The van der Waals surface area contributed by atoms with E-state index in [0.29, 0.717) is 6.61 Å². The molecule has 1 unspecified atom stereocenters. The van der Waals surface area contributed by atoms with Gasteiger partial charge in [0.05, 0.1) is 6.20 Å². The second-order valence-electron chi connectivity index (χ2n) is 4.46. The Hall–Kier alpha value is -1.87. The van der Waals surface area contributed by atoms with Crippen LogP contribution in [-0.2, 0) is 6.42 Å². The zero-order valence-electron chi connectivity index (χ0n) is 14.5. The van der Waals surface area contributed by atoms with Gasteiger partial charge in [-0.2, -0.15) is 0 Å². The van der Waals surface area contributed by atoms with Crippen molar-refractivity contribution in [3.8, 4) is 5.75 Å². The summed E-state index contributed by atoms with van der Waals surface area (Å²) in [5, 5.41) is 0. The minimum atomic E-state index is -0.00656. The number of nitrogens with two attached hydrogens (primary N) is 1. The van der Waals surface area contributed by atoms with Crippen molar-refractivity contribution in [2.24, 2.45) is 5.73 Å². The van der Waals surface area contributed by atoms with Crippen molar-refractivity contribution in [2.75, 3.05) is 6.61 Å². The lowest BCUT2D eigenvalue weighted by Gasteiger charge is -2.13. The van der Waals surface area contributed by atoms with Gasteiger partial charge in [-0.15, -0.1) is 0 Å². The Morgan fingerprint density at radius 3 is 2.27 bits per heavy atom. The third-order valence-corrected chi connectivity index (χ3v) is 2.65. The van der Waals surface area contributed by atoms with Crippen molar-refractivity contribution in [1.29, 1.82) is 0 Å². The molecule has 1 aromatic heterocycles. The quantitative estimate of drug-likeness (QED) is 0.891. The molecule has 0 amide bonds. The van der Waals surface area contributed by atoms with Gasteiger partial charge in [-0.25, -0.2) is 0 Å². The number of hydrogen-bond donors (Lipinski definition) is 1. The molecule has 3 nitrogen and oxygen atoms in total. The van der Waals surface area contributed by atoms with Crippen LogP contribution in [0.25, 0.3) is 0 Å². The lowest BCUT2D eigenvalue weighted by molar-refractivity contribution is 0.286. The molecule has 0 radical (unpaired) electrons. The molecule has 1 aromatic carbocycles. The van der Waals surface area contributed by atoms with E-state index in [1.807, 2.05) is 58.9 Å². The Bertz CT molecular complexity index is 486. The molecule has 0 aliphatic heterocycles. The van der Waals surface area contributed by atoms with E-state index >= 15 is 0 Å². The zero-order chi connectivity index (χ0) is 16.8. The number of rotatable bonds is 5. The highest BCUT2D eigenvalue weighted by atomic mass is 16.5. The molecule has 3 heteroatoms. The van der Waals surface area contributed by atoms with Crippen molar-refractivity contribution in [3.05, 3.63) is 59.9 Å². The molecule has 0 fully saturated rings. The first-order valence-electron chi connectivity index (χ1n) is 8.08. The number of nitrogens with zero attached hydrogens (tertiary/aromatic N) is 1. The summed E-state index contributed by atoms with van der Waals surface area (Å²) in [6.07, 6.45) is 4.33. The normalized spacial score (nSPS) is 10.5. The Morgan fingerprint density at radius 2 is 1.68 bits per heavy atom. The molecule has 22 heavy (non-hydrogen) atoms. The highest BCUT2D eigenvalue weighted by Gasteiger charge is 2.05. The molecule has 2 N–H and O–H groups in total. The second kappa shape index (κ2) is 12.8. The number of aromatic nitrogens is 1. The van der Waals surface area contributed by atoms with Crippen molar-refractivity contribution < 1.29 is 4.74 Å². The van der Waals surface area contributed by atoms with Crippen LogP contribution in [0, 0.1) is 6.92 Å². The highest BCUT2D eigenvalue weighted by Crippen LogP contribution is 2.11. The lowest BCUT2D eigenvalue weighted by atomic mass is 10.1. The van der Waals surface area contributed by atoms with Crippen molar-refractivity contribution in [1.82, 2.24) is 4.98 Å². The molecule has 0 aliphatic rings. The fourth-order valence-electron chi connectivity index (χ4n) is 1.79. The fourth-order valence-corrected chi connectivity index (χ4v) is 1.79. The number of pyridine rings is 1. The third-order valence-electron chi connectivity index (χ3n) is 2.65. The van der Waals surface area contributed by atoms with Crippen LogP contribution in [0.1, 0.15) is 38.8 Å². The van der Waals surface area contributed by atoms with Crippen molar-refractivity contribution >= 4 is 0 Å². The highest BCUT2D eigenvalue weighted by molar-refractivity contribution is 5.22. The number of hydrogen-bond acceptors (Lipinski definition) is 3. The number of aryl methyl sites for hydroxylation is 1. The summed E-state index contributed by atoms with van der Waals surface area (Å²) in [5.41, 5.74) is 8.37. The molecule has 0 aliphatic carbocycles. The van der Waals surface area contributed by atoms with Crippen LogP contribution in [0.5, 0.6) is 5.75 Å². The summed E-state index contributed by atoms with van der Waals surface area (Å²) < 4.78 is 5.63. The molecule has 122 valence electrons. The van der Waals surface area contributed by atoms with Crippen molar-refractivity contribution in [2.45, 2.75) is 47.1 Å². The van der Waals surface area contributed by atoms with E-state index in [9.17, 15) is 0 Å². The summed E-state index contributed by atoms with van der Waals surface area (Å²) in [7, 11) is 0. The van der Waals surface area contributed by atoms with Crippen LogP contribution >= 0.6 is 0 Å². The topological polar surface area (TPSA) is 48.1 Å². The molecular weight excluding hydrogens is 272 g/mol. The Labute approximate surface area is 135 Å². The van der Waals surface area contributed by atoms with Crippen LogP contribution in [0.15, 0.2) is 48.8 Å². The maximum Gasteiger partial charge on any atom is 0.137 e. The van der Waals surface area contributed by atoms with E-state index in [2.05, 4.69) is 17.1 Å². The van der Waals surface area contributed by atoms with Gasteiger partial charge >= 0.3 is 0 Å². The van der Waals surface area contributed by atoms with E-state index in [0.717, 1.165) is 17.7 Å². The smallest absolute Gasteiger partial charge is 0.137 e. The molecule has 0 saturated carbocycles. The average molecular weight is 302 g/mol. The predicted molar refractivity (Wildman–Crippen MR) is 95.3 cm³/mol. The van der Waals surface area contributed by atoms with Crippen molar-refractivity contribution in [3.63, 3.8) is 0 Å². The van der Waals surface area contributed by atoms with Gasteiger partial charge in [0.25, 0.3) is 0 Å². The molecule has 0 saturated heterocycles. The van der Waals surface area contributed by atoms with Crippen LogP contribution in [0.2, 0.25) is 0 Å². The monoisotopic (exact) mass is 302 g/mol. The molecule has 1 heterocycles. The first-order valence-corrected chi connectivity index (χ1v) is 8.08. The van der Waals surface area contributed by atoms with Gasteiger partial charge in [0.2, 0.25) is 0 Å². The first kappa shape index (κ1) is 20.1. The minimum Gasteiger partial charge on any atom is -0.490 e. The summed E-state index contributed by atoms with van der Waals surface area (Å²) in [6.45, 7) is 10.5. The van der Waals surface area contributed by atoms with Gasteiger partial charge in [-0.05, 0) is 30.5 Å². The van der Waals surface area contributed by atoms with E-state index in [1.165, 1.54) is 5.56 Å². The van der Waals surface area contributed by atoms with E-state index in [4.69, 9.17) is 10.5 Å². The van der Waals surface area contributed by atoms with E-state index in [-0.39, 0.29) is 6.04 Å². The van der Waals surface area contributed by atoms with E-state index in [1.54, 1.807) is 12.4 Å². The zero-order valence-corrected chi connectivity index (χ0v) is 14.5. The summed E-state index contributed by atoms with van der Waals surface area (Å²) in [6, 6.07) is 12.2. The maximum absolute atomic E-state index is 6.05. The average Bonchev–Trinajstić information content (AvgIpc) is 2.58. The Kier molecular flexibility index (Phi) is 11.7.